The number of benzene rings is 1. The molecule has 0 saturated heterocycles. The maximum Gasteiger partial charge on any atom is 0.433 e. The highest BCUT2D eigenvalue weighted by atomic mass is 32.1. The van der Waals surface area contributed by atoms with Crippen LogP contribution in [0.3, 0.4) is 0 Å². The molecule has 174 valence electrons. The topological polar surface area (TPSA) is 81.2 Å². The molecule has 2 heterocycles. The minimum Gasteiger partial charge on any atom is -0.494 e. The molecule has 1 aromatic carbocycles. The van der Waals surface area contributed by atoms with Gasteiger partial charge in [0, 0.05) is 17.9 Å². The van der Waals surface area contributed by atoms with Gasteiger partial charge < -0.3 is 10.1 Å². The molecule has 0 atom stereocenters. The first kappa shape index (κ1) is 23.2. The number of fused-ring (bicyclic) bond motifs is 1. The Morgan fingerprint density at radius 3 is 2.48 bits per heavy atom. The summed E-state index contributed by atoms with van der Waals surface area (Å²) in [5.74, 6) is 0.211. The van der Waals surface area contributed by atoms with Crippen LogP contribution in [-0.2, 0) is 11.0 Å². The fourth-order valence-electron chi connectivity index (χ4n) is 4.07. The molecule has 0 spiro atoms. The van der Waals surface area contributed by atoms with Crippen molar-refractivity contribution in [2.45, 2.75) is 44.7 Å². The number of hydrogen-bond acceptors (Lipinski definition) is 6. The van der Waals surface area contributed by atoms with Crippen molar-refractivity contribution in [3.8, 4) is 5.75 Å². The van der Waals surface area contributed by atoms with Crippen LogP contribution in [0, 0.1) is 5.92 Å². The number of carbonyl (C=O) groups excluding carboxylic acids is 2. The van der Waals surface area contributed by atoms with E-state index in [1.807, 2.05) is 0 Å². The first-order valence-electron chi connectivity index (χ1n) is 10.5. The lowest BCUT2D eigenvalue weighted by Crippen LogP contribution is -2.18. The van der Waals surface area contributed by atoms with Crippen molar-refractivity contribution >= 4 is 38.9 Å². The van der Waals surface area contributed by atoms with Gasteiger partial charge in [-0.25, -0.2) is 9.97 Å². The number of nitrogens with zero attached hydrogens (tertiary/aromatic N) is 2. The van der Waals surface area contributed by atoms with Gasteiger partial charge in [0.15, 0.2) is 0 Å². The maximum atomic E-state index is 12.9. The number of alkyl halides is 3. The predicted octanol–water partition coefficient (Wildman–Crippen LogP) is 5.83. The molecular formula is C23H22F3N3O3S. The second kappa shape index (κ2) is 9.09. The molecule has 1 aliphatic carbocycles. The van der Waals surface area contributed by atoms with Crippen LogP contribution in [0.2, 0.25) is 0 Å². The van der Waals surface area contributed by atoms with E-state index in [0.717, 1.165) is 53.0 Å². The minimum absolute atomic E-state index is 0.127. The quantitative estimate of drug-likeness (QED) is 0.500. The molecule has 0 bridgehead atoms. The second-order valence-electron chi connectivity index (χ2n) is 8.09. The standard InChI is InChI=1S/C23H22F3N3O3S/c1-12(30)13-6-8-14(9-7-13)22-29-17-10-18(32-2)16(11-19(17)33-22)28-21(31)15-4-3-5-20(27-15)23(24,25)26/h3-5,10-11,13-14H,6-9H2,1-2H3,(H,28,31). The molecule has 1 amide bonds. The van der Waals surface area contributed by atoms with E-state index in [9.17, 15) is 22.8 Å². The number of rotatable bonds is 5. The van der Waals surface area contributed by atoms with E-state index in [2.05, 4.69) is 10.3 Å². The predicted molar refractivity (Wildman–Crippen MR) is 119 cm³/mol. The van der Waals surface area contributed by atoms with Crippen molar-refractivity contribution in [3.63, 3.8) is 0 Å². The van der Waals surface area contributed by atoms with Crippen molar-refractivity contribution < 1.29 is 27.5 Å². The largest absolute Gasteiger partial charge is 0.494 e. The van der Waals surface area contributed by atoms with E-state index in [-0.39, 0.29) is 23.3 Å². The van der Waals surface area contributed by atoms with Gasteiger partial charge in [-0.1, -0.05) is 6.07 Å². The Kier molecular flexibility index (Phi) is 6.38. The normalized spacial score (nSPS) is 18.8. The number of hydrogen-bond donors (Lipinski definition) is 1. The van der Waals surface area contributed by atoms with E-state index in [1.54, 1.807) is 19.1 Å². The summed E-state index contributed by atoms with van der Waals surface area (Å²) in [6.45, 7) is 1.64. The maximum absolute atomic E-state index is 12.9. The molecule has 1 fully saturated rings. The number of ether oxygens (including phenoxy) is 1. The lowest BCUT2D eigenvalue weighted by Gasteiger charge is -2.25. The second-order valence-corrected chi connectivity index (χ2v) is 9.15. The molecule has 4 rings (SSSR count). The molecule has 1 aliphatic rings. The van der Waals surface area contributed by atoms with Crippen LogP contribution in [0.15, 0.2) is 30.3 Å². The number of ketones is 1. The minimum atomic E-state index is -4.64. The summed E-state index contributed by atoms with van der Waals surface area (Å²) in [5.41, 5.74) is -0.441. The zero-order valence-corrected chi connectivity index (χ0v) is 18.8. The van der Waals surface area contributed by atoms with Gasteiger partial charge in [-0.2, -0.15) is 13.2 Å². The van der Waals surface area contributed by atoms with Crippen LogP contribution in [-0.4, -0.2) is 28.8 Å². The monoisotopic (exact) mass is 477 g/mol. The van der Waals surface area contributed by atoms with Crippen molar-refractivity contribution in [1.82, 2.24) is 9.97 Å². The third kappa shape index (κ3) is 5.00. The number of halogens is 3. The Hall–Kier alpha value is -3.01. The Morgan fingerprint density at radius 2 is 1.85 bits per heavy atom. The summed E-state index contributed by atoms with van der Waals surface area (Å²) in [6, 6.07) is 6.58. The van der Waals surface area contributed by atoms with E-state index < -0.39 is 17.8 Å². The summed E-state index contributed by atoms with van der Waals surface area (Å²) in [5, 5.41) is 3.57. The van der Waals surface area contributed by atoms with Crippen LogP contribution < -0.4 is 10.1 Å². The van der Waals surface area contributed by atoms with Crippen LogP contribution in [0.1, 0.15) is 59.7 Å². The van der Waals surface area contributed by atoms with Gasteiger partial charge in [0.1, 0.15) is 22.9 Å². The number of anilines is 1. The van der Waals surface area contributed by atoms with Crippen molar-refractivity contribution in [1.29, 1.82) is 0 Å². The molecule has 0 aliphatic heterocycles. The third-order valence-corrected chi connectivity index (χ3v) is 7.08. The average molecular weight is 478 g/mol. The molecule has 3 aromatic rings. The van der Waals surface area contributed by atoms with Gasteiger partial charge in [-0.05, 0) is 50.8 Å². The van der Waals surface area contributed by atoms with Crippen LogP contribution in [0.4, 0.5) is 18.9 Å². The molecule has 0 unspecified atom stereocenters. The smallest absolute Gasteiger partial charge is 0.433 e. The summed E-state index contributed by atoms with van der Waals surface area (Å²) in [7, 11) is 1.44. The number of nitrogens with one attached hydrogen (secondary N) is 1. The first-order chi connectivity index (χ1) is 15.7. The molecule has 1 saturated carbocycles. The van der Waals surface area contributed by atoms with E-state index in [1.165, 1.54) is 24.5 Å². The highest BCUT2D eigenvalue weighted by Crippen LogP contribution is 2.41. The third-order valence-electron chi connectivity index (χ3n) is 5.90. The number of amides is 1. The number of thiazole rings is 1. The lowest BCUT2D eigenvalue weighted by molar-refractivity contribution is -0.141. The number of pyridine rings is 1. The van der Waals surface area contributed by atoms with E-state index in [4.69, 9.17) is 9.72 Å². The van der Waals surface area contributed by atoms with Crippen molar-refractivity contribution in [2.24, 2.45) is 5.92 Å². The Bertz CT molecular complexity index is 1200. The van der Waals surface area contributed by atoms with Gasteiger partial charge in [0.05, 0.1) is 28.0 Å². The first-order valence-corrected chi connectivity index (χ1v) is 11.3. The van der Waals surface area contributed by atoms with Crippen LogP contribution >= 0.6 is 11.3 Å². The molecule has 6 nitrogen and oxygen atoms in total. The van der Waals surface area contributed by atoms with Gasteiger partial charge in [-0.3, -0.25) is 9.59 Å². The zero-order valence-electron chi connectivity index (χ0n) is 18.0. The lowest BCUT2D eigenvalue weighted by atomic mass is 9.80. The summed E-state index contributed by atoms with van der Waals surface area (Å²) in [4.78, 5) is 32.4. The highest BCUT2D eigenvalue weighted by Gasteiger charge is 2.33. The van der Waals surface area contributed by atoms with Gasteiger partial charge >= 0.3 is 6.18 Å². The SMILES string of the molecule is COc1cc2nc(C3CCC(C(C)=O)CC3)sc2cc1NC(=O)c1cccc(C(F)(F)F)n1. The molecular weight excluding hydrogens is 455 g/mol. The van der Waals surface area contributed by atoms with E-state index >= 15 is 0 Å². The highest BCUT2D eigenvalue weighted by molar-refractivity contribution is 7.18. The fourth-order valence-corrected chi connectivity index (χ4v) is 5.22. The number of methoxy groups -OCH3 is 1. The van der Waals surface area contributed by atoms with Crippen LogP contribution in [0.25, 0.3) is 10.2 Å². The molecule has 10 heteroatoms. The van der Waals surface area contributed by atoms with Gasteiger partial charge in [0.25, 0.3) is 5.91 Å². The number of Topliss-reactive ketones (excluding diaryl/α,β-unsaturated/α-hetero) is 1. The zero-order chi connectivity index (χ0) is 23.8. The summed E-state index contributed by atoms with van der Waals surface area (Å²) in [6.07, 6.45) is -1.15. The van der Waals surface area contributed by atoms with Gasteiger partial charge in [-0.15, -0.1) is 11.3 Å². The molecule has 1 N–H and O–H groups in total. The van der Waals surface area contributed by atoms with Crippen LogP contribution in [0.5, 0.6) is 5.75 Å². The average Bonchev–Trinajstić information content (AvgIpc) is 3.21. The Labute approximate surface area is 192 Å². The Balaban J connectivity index is 1.57. The fraction of sp³-hybridized carbons (Fsp3) is 0.391. The summed E-state index contributed by atoms with van der Waals surface area (Å²) < 4.78 is 45.0. The number of aromatic nitrogens is 2. The van der Waals surface area contributed by atoms with Gasteiger partial charge in [0.2, 0.25) is 0 Å². The number of carbonyl (C=O) groups is 2. The molecule has 33 heavy (non-hydrogen) atoms. The van der Waals surface area contributed by atoms with Crippen molar-refractivity contribution in [2.75, 3.05) is 12.4 Å². The molecule has 2 aromatic heterocycles. The van der Waals surface area contributed by atoms with E-state index in [0.29, 0.717) is 11.4 Å². The summed E-state index contributed by atoms with van der Waals surface area (Å²) >= 11 is 1.51. The van der Waals surface area contributed by atoms with Crippen molar-refractivity contribution in [3.05, 3.63) is 46.7 Å². The Morgan fingerprint density at radius 1 is 1.12 bits per heavy atom. The molecule has 0 radical (unpaired) electrons.